The molecule has 1 unspecified atom stereocenters. The van der Waals surface area contributed by atoms with Crippen LogP contribution in [-0.2, 0) is 17.7 Å². The average molecular weight is 391 g/mol. The maximum Gasteiger partial charge on any atom is 0.258 e. The van der Waals surface area contributed by atoms with E-state index >= 15 is 0 Å². The normalized spacial score (nSPS) is 18.6. The number of fused-ring (bicyclic) bond motifs is 1. The predicted octanol–water partition coefficient (Wildman–Crippen LogP) is 2.42. The molecule has 148 valence electrons. The lowest BCUT2D eigenvalue weighted by atomic mass is 10.0. The van der Waals surface area contributed by atoms with E-state index in [0.717, 1.165) is 35.9 Å². The quantitative estimate of drug-likeness (QED) is 0.730. The lowest BCUT2D eigenvalue weighted by Gasteiger charge is -2.26. The number of carbonyl (C=O) groups excluding carboxylic acids is 1. The van der Waals surface area contributed by atoms with Crippen molar-refractivity contribution >= 4 is 11.9 Å². The zero-order chi connectivity index (χ0) is 19.8. The van der Waals surface area contributed by atoms with Crippen molar-refractivity contribution < 1.29 is 13.9 Å². The molecule has 8 heteroatoms. The van der Waals surface area contributed by atoms with Gasteiger partial charge in [-0.15, -0.1) is 0 Å². The minimum Gasteiger partial charge on any atom is -0.445 e. The molecule has 1 aromatic carbocycles. The Kier molecular flexibility index (Phi) is 4.48. The number of aromatic nitrogens is 3. The molecule has 3 aromatic rings. The van der Waals surface area contributed by atoms with Gasteiger partial charge in [-0.25, -0.2) is 15.0 Å². The van der Waals surface area contributed by atoms with E-state index in [1.54, 1.807) is 4.90 Å². The van der Waals surface area contributed by atoms with E-state index in [1.165, 1.54) is 6.20 Å². The average Bonchev–Trinajstić information content (AvgIpc) is 3.43. The number of nitrogen functional groups attached to an aromatic ring is 1. The summed E-state index contributed by atoms with van der Waals surface area (Å²) in [7, 11) is 0. The summed E-state index contributed by atoms with van der Waals surface area (Å²) in [5.41, 5.74) is 8.41. The first kappa shape index (κ1) is 17.8. The third-order valence-corrected chi connectivity index (χ3v) is 5.40. The van der Waals surface area contributed by atoms with E-state index < -0.39 is 0 Å². The van der Waals surface area contributed by atoms with Crippen molar-refractivity contribution in [3.63, 3.8) is 0 Å². The first-order valence-corrected chi connectivity index (χ1v) is 9.72. The number of hydrogen-bond acceptors (Lipinski definition) is 7. The van der Waals surface area contributed by atoms with Crippen LogP contribution in [0.1, 0.15) is 40.0 Å². The van der Waals surface area contributed by atoms with Gasteiger partial charge in [0.25, 0.3) is 5.91 Å². The van der Waals surface area contributed by atoms with Crippen LogP contribution in [0, 0.1) is 0 Å². The number of anilines is 1. The van der Waals surface area contributed by atoms with Crippen LogP contribution < -0.4 is 5.73 Å². The van der Waals surface area contributed by atoms with Crippen molar-refractivity contribution in [1.82, 2.24) is 19.9 Å². The Bertz CT molecular complexity index is 1040. The topological polar surface area (TPSA) is 107 Å². The van der Waals surface area contributed by atoms with Gasteiger partial charge in [0.05, 0.1) is 30.3 Å². The van der Waals surface area contributed by atoms with Gasteiger partial charge in [0.15, 0.2) is 5.89 Å². The second kappa shape index (κ2) is 7.29. The Morgan fingerprint density at radius 2 is 2.07 bits per heavy atom. The van der Waals surface area contributed by atoms with Gasteiger partial charge in [-0.05, 0) is 6.42 Å². The van der Waals surface area contributed by atoms with Crippen LogP contribution in [0.3, 0.4) is 0 Å². The molecule has 2 aliphatic heterocycles. The number of nitrogens with zero attached hydrogens (tertiary/aromatic N) is 4. The highest BCUT2D eigenvalue weighted by Gasteiger charge is 2.31. The minimum atomic E-state index is -0.136. The SMILES string of the molecule is Nc1ncc(C(=O)N2CCc3oc(C4CCOC4)nc3C2)c(-c2ccccc2)n1. The van der Waals surface area contributed by atoms with Crippen LogP contribution in [0.2, 0.25) is 0 Å². The first-order valence-electron chi connectivity index (χ1n) is 9.72. The molecule has 2 aromatic heterocycles. The molecule has 1 amide bonds. The Labute approximate surface area is 167 Å². The maximum atomic E-state index is 13.3. The van der Waals surface area contributed by atoms with Crippen LogP contribution in [0.4, 0.5) is 5.95 Å². The lowest BCUT2D eigenvalue weighted by molar-refractivity contribution is 0.0728. The number of oxazole rings is 1. The van der Waals surface area contributed by atoms with E-state index in [1.807, 2.05) is 30.3 Å². The maximum absolute atomic E-state index is 13.3. The standard InChI is InChI=1S/C21H21N5O3/c22-21-23-10-15(18(25-21)13-4-2-1-3-5-13)20(27)26-8-6-17-16(11-26)24-19(29-17)14-7-9-28-12-14/h1-5,10,14H,6-9,11-12H2,(H2,22,23,25). The smallest absolute Gasteiger partial charge is 0.258 e. The molecular formula is C21H21N5O3. The second-order valence-corrected chi connectivity index (χ2v) is 7.32. The third-order valence-electron chi connectivity index (χ3n) is 5.40. The number of ether oxygens (including phenoxy) is 1. The summed E-state index contributed by atoms with van der Waals surface area (Å²) in [6.45, 7) is 2.34. The van der Waals surface area contributed by atoms with Crippen molar-refractivity contribution in [2.75, 3.05) is 25.5 Å². The number of nitrogens with two attached hydrogens (primary N) is 1. The monoisotopic (exact) mass is 391 g/mol. The number of rotatable bonds is 3. The fourth-order valence-corrected chi connectivity index (χ4v) is 3.83. The van der Waals surface area contributed by atoms with Crippen molar-refractivity contribution in [3.8, 4) is 11.3 Å². The Morgan fingerprint density at radius 1 is 1.21 bits per heavy atom. The molecule has 0 bridgehead atoms. The highest BCUT2D eigenvalue weighted by Crippen LogP contribution is 2.30. The lowest BCUT2D eigenvalue weighted by Crippen LogP contribution is -2.36. The summed E-state index contributed by atoms with van der Waals surface area (Å²) < 4.78 is 11.4. The van der Waals surface area contributed by atoms with Crippen molar-refractivity contribution in [1.29, 1.82) is 0 Å². The molecule has 1 atom stereocenters. The van der Waals surface area contributed by atoms with Crippen molar-refractivity contribution in [2.24, 2.45) is 0 Å². The number of hydrogen-bond donors (Lipinski definition) is 1. The predicted molar refractivity (Wildman–Crippen MR) is 105 cm³/mol. The van der Waals surface area contributed by atoms with E-state index in [0.29, 0.717) is 37.4 Å². The zero-order valence-corrected chi connectivity index (χ0v) is 15.9. The second-order valence-electron chi connectivity index (χ2n) is 7.32. The largest absolute Gasteiger partial charge is 0.445 e. The Morgan fingerprint density at radius 3 is 2.86 bits per heavy atom. The summed E-state index contributed by atoms with van der Waals surface area (Å²) in [5, 5.41) is 0. The third kappa shape index (κ3) is 3.36. The molecule has 2 aliphatic rings. The van der Waals surface area contributed by atoms with Crippen LogP contribution >= 0.6 is 0 Å². The molecule has 0 saturated carbocycles. The molecule has 0 spiro atoms. The van der Waals surface area contributed by atoms with Gasteiger partial charge in [0.2, 0.25) is 5.95 Å². The van der Waals surface area contributed by atoms with Gasteiger partial charge in [0.1, 0.15) is 11.5 Å². The van der Waals surface area contributed by atoms with Crippen LogP contribution in [0.25, 0.3) is 11.3 Å². The van der Waals surface area contributed by atoms with Crippen LogP contribution in [0.15, 0.2) is 40.9 Å². The molecule has 5 rings (SSSR count). The molecule has 8 nitrogen and oxygen atoms in total. The summed E-state index contributed by atoms with van der Waals surface area (Å²) >= 11 is 0. The fraction of sp³-hybridized carbons (Fsp3) is 0.333. The summed E-state index contributed by atoms with van der Waals surface area (Å²) in [4.78, 5) is 28.1. The summed E-state index contributed by atoms with van der Waals surface area (Å²) in [6, 6.07) is 9.53. The Balaban J connectivity index is 1.42. The van der Waals surface area contributed by atoms with E-state index in [2.05, 4.69) is 15.0 Å². The molecule has 29 heavy (non-hydrogen) atoms. The van der Waals surface area contributed by atoms with Gasteiger partial charge in [0, 0.05) is 31.3 Å². The fourth-order valence-electron chi connectivity index (χ4n) is 3.83. The van der Waals surface area contributed by atoms with Gasteiger partial charge >= 0.3 is 0 Å². The molecule has 0 radical (unpaired) electrons. The van der Waals surface area contributed by atoms with Gasteiger partial charge in [-0.1, -0.05) is 30.3 Å². The van der Waals surface area contributed by atoms with E-state index in [-0.39, 0.29) is 17.8 Å². The van der Waals surface area contributed by atoms with Crippen LogP contribution in [0.5, 0.6) is 0 Å². The Hall–Kier alpha value is -3.26. The zero-order valence-electron chi connectivity index (χ0n) is 15.9. The highest BCUT2D eigenvalue weighted by molar-refractivity contribution is 5.99. The van der Waals surface area contributed by atoms with Crippen LogP contribution in [-0.4, -0.2) is 45.5 Å². The molecule has 2 N–H and O–H groups in total. The molecule has 1 saturated heterocycles. The minimum absolute atomic E-state index is 0.136. The summed E-state index contributed by atoms with van der Waals surface area (Å²) in [6.07, 6.45) is 3.07. The van der Waals surface area contributed by atoms with Crippen molar-refractivity contribution in [3.05, 3.63) is 59.4 Å². The summed E-state index contributed by atoms with van der Waals surface area (Å²) in [5.74, 6) is 1.81. The molecular weight excluding hydrogens is 370 g/mol. The van der Waals surface area contributed by atoms with Gasteiger partial charge in [-0.3, -0.25) is 4.79 Å². The van der Waals surface area contributed by atoms with Gasteiger partial charge in [-0.2, -0.15) is 0 Å². The molecule has 0 aliphatic carbocycles. The number of amides is 1. The van der Waals surface area contributed by atoms with E-state index in [4.69, 9.17) is 14.9 Å². The number of benzene rings is 1. The van der Waals surface area contributed by atoms with Gasteiger partial charge < -0.3 is 19.8 Å². The number of carbonyl (C=O) groups is 1. The highest BCUT2D eigenvalue weighted by atomic mass is 16.5. The van der Waals surface area contributed by atoms with E-state index in [9.17, 15) is 4.79 Å². The first-order chi connectivity index (χ1) is 14.2. The van der Waals surface area contributed by atoms with Crippen molar-refractivity contribution in [2.45, 2.75) is 25.3 Å². The molecule has 1 fully saturated rings. The molecule has 4 heterocycles.